The Morgan fingerprint density at radius 1 is 1.10 bits per heavy atom. The van der Waals surface area contributed by atoms with Crippen molar-refractivity contribution in [1.29, 1.82) is 0 Å². The van der Waals surface area contributed by atoms with E-state index in [1.165, 1.54) is 0 Å². The van der Waals surface area contributed by atoms with Gasteiger partial charge in [-0.3, -0.25) is 0 Å². The summed E-state index contributed by atoms with van der Waals surface area (Å²) in [6.07, 6.45) is 0.755. The van der Waals surface area contributed by atoms with Crippen molar-refractivity contribution in [2.24, 2.45) is 0 Å². The number of ether oxygens (including phenoxy) is 1. The highest BCUT2D eigenvalue weighted by molar-refractivity contribution is 6.30. The van der Waals surface area contributed by atoms with Gasteiger partial charge >= 0.3 is 0 Å². The van der Waals surface area contributed by atoms with Crippen molar-refractivity contribution in [3.63, 3.8) is 0 Å². The molecule has 0 spiro atoms. The number of aliphatic hydroxyl groups excluding tert-OH is 1. The molecule has 3 nitrogen and oxygen atoms in total. The molecule has 4 heteroatoms. The lowest BCUT2D eigenvalue weighted by molar-refractivity contribution is 0.285. The monoisotopic (exact) mass is 305 g/mol. The first-order valence-corrected chi connectivity index (χ1v) is 7.44. The first kappa shape index (κ1) is 15.8. The van der Waals surface area contributed by atoms with Gasteiger partial charge in [-0.05, 0) is 36.7 Å². The predicted molar refractivity (Wildman–Crippen MR) is 85.6 cm³/mol. The molecule has 0 unspecified atom stereocenters. The molecule has 21 heavy (non-hydrogen) atoms. The number of aliphatic hydroxyl groups is 1. The molecule has 0 saturated heterocycles. The second kappa shape index (κ2) is 8.67. The van der Waals surface area contributed by atoms with E-state index in [1.807, 2.05) is 48.5 Å². The Hall–Kier alpha value is -1.55. The summed E-state index contributed by atoms with van der Waals surface area (Å²) in [5.74, 6) is 0.869. The molecule has 0 aliphatic rings. The lowest BCUT2D eigenvalue weighted by Gasteiger charge is -2.12. The van der Waals surface area contributed by atoms with Crippen LogP contribution in [0.4, 0.5) is 0 Å². The molecule has 0 saturated carbocycles. The van der Waals surface area contributed by atoms with Crippen LogP contribution >= 0.6 is 11.6 Å². The summed E-state index contributed by atoms with van der Waals surface area (Å²) >= 11 is 5.97. The third kappa shape index (κ3) is 5.38. The maximum absolute atomic E-state index is 8.78. The lowest BCUT2D eigenvalue weighted by atomic mass is 10.2. The molecule has 0 amide bonds. The summed E-state index contributed by atoms with van der Waals surface area (Å²) < 4.78 is 5.89. The molecule has 0 aromatic heterocycles. The van der Waals surface area contributed by atoms with Crippen LogP contribution in [-0.2, 0) is 13.2 Å². The van der Waals surface area contributed by atoms with E-state index in [1.54, 1.807) is 0 Å². The number of halogens is 1. The van der Waals surface area contributed by atoms with Gasteiger partial charge in [-0.1, -0.05) is 41.9 Å². The Morgan fingerprint density at radius 2 is 1.95 bits per heavy atom. The Bertz CT molecular complexity index is 560. The van der Waals surface area contributed by atoms with Gasteiger partial charge in [0.2, 0.25) is 0 Å². The molecule has 0 fully saturated rings. The highest BCUT2D eigenvalue weighted by Crippen LogP contribution is 2.20. The molecular weight excluding hydrogens is 286 g/mol. The van der Waals surface area contributed by atoms with Crippen LogP contribution < -0.4 is 10.1 Å². The second-order valence-corrected chi connectivity index (χ2v) is 5.22. The Balaban J connectivity index is 1.93. The van der Waals surface area contributed by atoms with Crippen molar-refractivity contribution in [1.82, 2.24) is 5.32 Å². The molecule has 2 N–H and O–H groups in total. The third-order valence-corrected chi connectivity index (χ3v) is 3.32. The van der Waals surface area contributed by atoms with Crippen LogP contribution in [0.3, 0.4) is 0 Å². The summed E-state index contributed by atoms with van der Waals surface area (Å²) in [7, 11) is 0. The van der Waals surface area contributed by atoms with Gasteiger partial charge in [-0.2, -0.15) is 0 Å². The third-order valence-electron chi connectivity index (χ3n) is 3.08. The van der Waals surface area contributed by atoms with Crippen LogP contribution in [0.1, 0.15) is 17.5 Å². The van der Waals surface area contributed by atoms with Gasteiger partial charge in [0.25, 0.3) is 0 Å². The molecule has 2 aromatic rings. The summed E-state index contributed by atoms with van der Waals surface area (Å²) in [4.78, 5) is 0. The normalized spacial score (nSPS) is 10.6. The zero-order valence-electron chi connectivity index (χ0n) is 11.9. The largest absolute Gasteiger partial charge is 0.489 e. The van der Waals surface area contributed by atoms with Crippen molar-refractivity contribution >= 4 is 11.6 Å². The predicted octanol–water partition coefficient (Wildman–Crippen LogP) is 3.39. The Kier molecular flexibility index (Phi) is 6.54. The van der Waals surface area contributed by atoms with Crippen LogP contribution in [0, 0.1) is 0 Å². The van der Waals surface area contributed by atoms with E-state index >= 15 is 0 Å². The van der Waals surface area contributed by atoms with E-state index in [0.717, 1.165) is 41.4 Å². The number of hydrogen-bond acceptors (Lipinski definition) is 3. The summed E-state index contributed by atoms with van der Waals surface area (Å²) in [6, 6.07) is 15.6. The Labute approximate surface area is 130 Å². The number of rotatable bonds is 8. The van der Waals surface area contributed by atoms with Gasteiger partial charge in [0, 0.05) is 23.7 Å². The van der Waals surface area contributed by atoms with Gasteiger partial charge in [0.1, 0.15) is 12.4 Å². The fourth-order valence-electron chi connectivity index (χ4n) is 2.01. The molecule has 2 rings (SSSR count). The summed E-state index contributed by atoms with van der Waals surface area (Å²) in [5.41, 5.74) is 2.16. The maximum Gasteiger partial charge on any atom is 0.124 e. The second-order valence-electron chi connectivity index (χ2n) is 4.78. The van der Waals surface area contributed by atoms with Crippen LogP contribution in [0.15, 0.2) is 48.5 Å². The maximum atomic E-state index is 8.78. The molecule has 0 bridgehead atoms. The van der Waals surface area contributed by atoms with Gasteiger partial charge in [-0.25, -0.2) is 0 Å². The van der Waals surface area contributed by atoms with Gasteiger partial charge in [0.15, 0.2) is 0 Å². The van der Waals surface area contributed by atoms with Crippen molar-refractivity contribution in [2.75, 3.05) is 13.2 Å². The average Bonchev–Trinajstić information content (AvgIpc) is 2.50. The minimum atomic E-state index is 0.208. The van der Waals surface area contributed by atoms with Crippen molar-refractivity contribution in [3.05, 3.63) is 64.7 Å². The van der Waals surface area contributed by atoms with E-state index in [4.69, 9.17) is 21.4 Å². The fraction of sp³-hybridized carbons (Fsp3) is 0.294. The van der Waals surface area contributed by atoms with Crippen molar-refractivity contribution in [3.8, 4) is 5.75 Å². The number of para-hydroxylation sites is 1. The number of hydrogen-bond donors (Lipinski definition) is 2. The van der Waals surface area contributed by atoms with E-state index in [2.05, 4.69) is 5.32 Å². The SMILES string of the molecule is OCCCNCc1ccccc1OCc1cccc(Cl)c1. The zero-order valence-corrected chi connectivity index (χ0v) is 12.6. The van der Waals surface area contributed by atoms with Crippen LogP contribution in [0.5, 0.6) is 5.75 Å². The quantitative estimate of drug-likeness (QED) is 0.735. The van der Waals surface area contributed by atoms with E-state index < -0.39 is 0 Å². The highest BCUT2D eigenvalue weighted by atomic mass is 35.5. The minimum Gasteiger partial charge on any atom is -0.489 e. The Morgan fingerprint density at radius 3 is 2.76 bits per heavy atom. The van der Waals surface area contributed by atoms with Gasteiger partial charge in [0.05, 0.1) is 0 Å². The molecule has 112 valence electrons. The minimum absolute atomic E-state index is 0.208. The van der Waals surface area contributed by atoms with E-state index in [9.17, 15) is 0 Å². The number of nitrogens with one attached hydrogen (secondary N) is 1. The average molecular weight is 306 g/mol. The number of benzene rings is 2. The topological polar surface area (TPSA) is 41.5 Å². The van der Waals surface area contributed by atoms with Crippen LogP contribution in [0.25, 0.3) is 0 Å². The first-order chi connectivity index (χ1) is 10.3. The standard InChI is InChI=1S/C17H20ClNO2/c18-16-7-3-5-14(11-16)13-21-17-8-2-1-6-15(17)12-19-9-4-10-20/h1-3,5-8,11,19-20H,4,9-10,12-13H2. The van der Waals surface area contributed by atoms with E-state index in [0.29, 0.717) is 6.61 Å². The lowest BCUT2D eigenvalue weighted by Crippen LogP contribution is -2.16. The zero-order chi connectivity index (χ0) is 14.9. The summed E-state index contributed by atoms with van der Waals surface area (Å²) in [6.45, 7) is 2.22. The van der Waals surface area contributed by atoms with Gasteiger partial charge < -0.3 is 15.2 Å². The smallest absolute Gasteiger partial charge is 0.124 e. The summed E-state index contributed by atoms with van der Waals surface area (Å²) in [5, 5.41) is 12.8. The van der Waals surface area contributed by atoms with Crippen LogP contribution in [0.2, 0.25) is 5.02 Å². The molecule has 0 aliphatic heterocycles. The van der Waals surface area contributed by atoms with Crippen molar-refractivity contribution in [2.45, 2.75) is 19.6 Å². The molecular formula is C17H20ClNO2. The molecule has 0 aliphatic carbocycles. The van der Waals surface area contributed by atoms with Crippen LogP contribution in [-0.4, -0.2) is 18.3 Å². The molecule has 2 aromatic carbocycles. The molecule has 0 radical (unpaired) electrons. The van der Waals surface area contributed by atoms with Crippen molar-refractivity contribution < 1.29 is 9.84 Å². The highest BCUT2D eigenvalue weighted by Gasteiger charge is 2.03. The van der Waals surface area contributed by atoms with E-state index in [-0.39, 0.29) is 6.61 Å². The molecule has 0 atom stereocenters. The van der Waals surface area contributed by atoms with Gasteiger partial charge in [-0.15, -0.1) is 0 Å². The fourth-order valence-corrected chi connectivity index (χ4v) is 2.22. The first-order valence-electron chi connectivity index (χ1n) is 7.06. The molecule has 0 heterocycles.